The van der Waals surface area contributed by atoms with Crippen LogP contribution in [0.3, 0.4) is 0 Å². The summed E-state index contributed by atoms with van der Waals surface area (Å²) in [6.45, 7) is 20.7. The van der Waals surface area contributed by atoms with Gasteiger partial charge in [0.2, 0.25) is 5.69 Å². The monoisotopic (exact) mass is 774 g/mol. The van der Waals surface area contributed by atoms with Crippen molar-refractivity contribution in [2.24, 2.45) is 5.11 Å². The zero-order chi connectivity index (χ0) is 39.9. The number of rotatable bonds is 29. The number of hydrogen-bond acceptors (Lipinski definition) is 9. The molecule has 0 fully saturated rings. The van der Waals surface area contributed by atoms with E-state index < -0.39 is 0 Å². The Hall–Kier alpha value is -3.84. The second-order valence-corrected chi connectivity index (χ2v) is 14.5. The van der Waals surface area contributed by atoms with Crippen LogP contribution in [-0.4, -0.2) is 122 Å². The summed E-state index contributed by atoms with van der Waals surface area (Å²) in [5.74, 6) is 0. The lowest BCUT2D eigenvalue weighted by atomic mass is 9.81. The quantitative estimate of drug-likeness (QED) is 0.0206. The van der Waals surface area contributed by atoms with Crippen LogP contribution in [-0.2, 0) is 44.0 Å². The molecule has 0 unspecified atom stereocenters. The average Bonchev–Trinajstić information content (AvgIpc) is 3.55. The second-order valence-electron chi connectivity index (χ2n) is 14.5. The number of allylic oxidation sites excluding steroid dienone is 6. The Morgan fingerprint density at radius 1 is 0.643 bits per heavy atom. The summed E-state index contributed by atoms with van der Waals surface area (Å²) in [6.07, 6.45) is 11.9. The van der Waals surface area contributed by atoms with Crippen LogP contribution in [0.2, 0.25) is 0 Å². The standard InChI is InChI=1S/C44H64N5O7/c1-6-23-50-27-31-54-35-36-56-34-30-53-26-22-49-40-17-13-11-15-38(40)44(4,5)42(49)19-9-7-8-18-41-43(2,3)37-14-10-12-16-39(37)48(41)21-25-52-29-33-55-32-28-51-24-20-46-47-45/h7-19H,6,20-36H2,1-5H3/q+1. The van der Waals surface area contributed by atoms with Gasteiger partial charge >= 0.3 is 0 Å². The van der Waals surface area contributed by atoms with Gasteiger partial charge in [-0.1, -0.05) is 80.5 Å². The van der Waals surface area contributed by atoms with Crippen LogP contribution in [0, 0.1) is 0 Å². The fourth-order valence-corrected chi connectivity index (χ4v) is 7.03. The molecule has 306 valence electrons. The number of ether oxygens (including phenoxy) is 7. The van der Waals surface area contributed by atoms with Crippen molar-refractivity contribution >= 4 is 17.1 Å². The molecule has 0 atom stereocenters. The van der Waals surface area contributed by atoms with E-state index in [0.717, 1.165) is 26.1 Å². The molecule has 56 heavy (non-hydrogen) atoms. The number of hydrogen-bond donors (Lipinski definition) is 0. The molecule has 0 saturated heterocycles. The molecule has 2 aromatic carbocycles. The Balaban J connectivity index is 1.30. The Kier molecular flexibility index (Phi) is 19.8. The molecule has 12 nitrogen and oxygen atoms in total. The van der Waals surface area contributed by atoms with E-state index in [-0.39, 0.29) is 10.8 Å². The van der Waals surface area contributed by atoms with Gasteiger partial charge in [-0.15, -0.1) is 0 Å². The lowest BCUT2D eigenvalue weighted by Gasteiger charge is -2.27. The minimum absolute atomic E-state index is 0.150. The lowest BCUT2D eigenvalue weighted by molar-refractivity contribution is -0.442. The van der Waals surface area contributed by atoms with Crippen LogP contribution in [0.25, 0.3) is 10.4 Å². The normalized spacial score (nSPS) is 16.4. The molecule has 2 aliphatic heterocycles. The molecule has 0 aromatic heterocycles. The zero-order valence-electron chi connectivity index (χ0n) is 34.3. The highest BCUT2D eigenvalue weighted by atomic mass is 16.6. The van der Waals surface area contributed by atoms with E-state index in [9.17, 15) is 0 Å². The molecule has 2 aromatic rings. The van der Waals surface area contributed by atoms with Gasteiger partial charge in [0.15, 0.2) is 12.3 Å². The van der Waals surface area contributed by atoms with Gasteiger partial charge in [-0.05, 0) is 43.5 Å². The van der Waals surface area contributed by atoms with Gasteiger partial charge in [-0.25, -0.2) is 0 Å². The van der Waals surface area contributed by atoms with Gasteiger partial charge in [-0.2, -0.15) is 4.58 Å². The first-order valence-corrected chi connectivity index (χ1v) is 20.1. The smallest absolute Gasteiger partial charge is 0.209 e. The third-order valence-electron chi connectivity index (χ3n) is 9.85. The Morgan fingerprint density at radius 2 is 1.20 bits per heavy atom. The molecule has 0 aliphatic carbocycles. The van der Waals surface area contributed by atoms with Crippen LogP contribution in [0.15, 0.2) is 89.7 Å². The molecule has 2 aliphatic rings. The first-order valence-electron chi connectivity index (χ1n) is 20.1. The third kappa shape index (κ3) is 13.4. The molecule has 0 amide bonds. The van der Waals surface area contributed by atoms with Crippen LogP contribution >= 0.6 is 0 Å². The minimum Gasteiger partial charge on any atom is -0.379 e. The van der Waals surface area contributed by atoms with Crippen LogP contribution in [0.4, 0.5) is 11.4 Å². The second kappa shape index (κ2) is 24.7. The van der Waals surface area contributed by atoms with Crippen molar-refractivity contribution in [3.63, 3.8) is 0 Å². The summed E-state index contributed by atoms with van der Waals surface area (Å²) in [7, 11) is 0. The van der Waals surface area contributed by atoms with Gasteiger partial charge in [0.25, 0.3) is 0 Å². The fraction of sp³-hybridized carbons (Fsp3) is 0.568. The van der Waals surface area contributed by atoms with Crippen molar-refractivity contribution in [3.8, 4) is 0 Å². The summed E-state index contributed by atoms with van der Waals surface area (Å²) in [5, 5.41) is 3.45. The van der Waals surface area contributed by atoms with Crippen molar-refractivity contribution in [2.45, 2.75) is 51.9 Å². The maximum atomic E-state index is 8.31. The highest BCUT2D eigenvalue weighted by Crippen LogP contribution is 2.47. The van der Waals surface area contributed by atoms with E-state index in [4.69, 9.17) is 38.7 Å². The van der Waals surface area contributed by atoms with Crippen molar-refractivity contribution in [3.05, 3.63) is 106 Å². The lowest BCUT2D eigenvalue weighted by Crippen LogP contribution is -2.29. The summed E-state index contributed by atoms with van der Waals surface area (Å²) < 4.78 is 42.0. The predicted octanol–water partition coefficient (Wildman–Crippen LogP) is 7.69. The van der Waals surface area contributed by atoms with E-state index in [1.807, 2.05) is 0 Å². The average molecular weight is 775 g/mol. The molecule has 2 heterocycles. The molecule has 0 bridgehead atoms. The van der Waals surface area contributed by atoms with E-state index in [2.05, 4.69) is 133 Å². The highest BCUT2D eigenvalue weighted by molar-refractivity contribution is 6.03. The summed E-state index contributed by atoms with van der Waals surface area (Å²) in [5.41, 5.74) is 15.5. The zero-order valence-corrected chi connectivity index (χ0v) is 34.3. The molecule has 0 saturated carbocycles. The first kappa shape index (κ1) is 44.9. The molecular weight excluding hydrogens is 711 g/mol. The third-order valence-corrected chi connectivity index (χ3v) is 9.85. The van der Waals surface area contributed by atoms with E-state index >= 15 is 0 Å². The summed E-state index contributed by atoms with van der Waals surface area (Å²) in [6, 6.07) is 17.3. The maximum Gasteiger partial charge on any atom is 0.209 e. The predicted molar refractivity (Wildman–Crippen MR) is 222 cm³/mol. The van der Waals surface area contributed by atoms with Crippen LogP contribution in [0.5, 0.6) is 0 Å². The largest absolute Gasteiger partial charge is 0.379 e. The molecule has 4 rings (SSSR count). The highest BCUT2D eigenvalue weighted by Gasteiger charge is 2.44. The summed E-state index contributed by atoms with van der Waals surface area (Å²) in [4.78, 5) is 5.10. The number of azide groups is 1. The van der Waals surface area contributed by atoms with Crippen molar-refractivity contribution in [1.82, 2.24) is 0 Å². The topological polar surface area (TPSA) is 120 Å². The Morgan fingerprint density at radius 3 is 1.84 bits per heavy atom. The van der Waals surface area contributed by atoms with E-state index in [0.29, 0.717) is 92.4 Å². The van der Waals surface area contributed by atoms with Crippen molar-refractivity contribution < 1.29 is 37.7 Å². The number of anilines is 1. The van der Waals surface area contributed by atoms with Crippen LogP contribution in [0.1, 0.15) is 52.2 Å². The maximum absolute atomic E-state index is 8.31. The van der Waals surface area contributed by atoms with E-state index in [1.54, 1.807) is 0 Å². The Labute approximate surface area is 334 Å². The summed E-state index contributed by atoms with van der Waals surface area (Å²) >= 11 is 0. The fourth-order valence-electron chi connectivity index (χ4n) is 7.03. The van der Waals surface area contributed by atoms with Gasteiger partial charge in [-0.3, -0.25) is 0 Å². The SMILES string of the molecule is CCCOCCOCCOCCOCCN1/C(=C/C=C\C=C/C2=[N+](CCOCCOCCOCCN=[N+]=[N-])c3ccccc3C2(C)C)C(C)(C)c2ccccc21. The molecular formula is C44H64N5O7+. The van der Waals surface area contributed by atoms with Crippen LogP contribution < -0.4 is 4.90 Å². The number of para-hydroxylation sites is 2. The number of nitrogens with zero attached hydrogens (tertiary/aromatic N) is 5. The minimum atomic E-state index is -0.158. The van der Waals surface area contributed by atoms with Gasteiger partial charge in [0.05, 0.1) is 84.7 Å². The van der Waals surface area contributed by atoms with Crippen molar-refractivity contribution in [2.75, 3.05) is 117 Å². The van der Waals surface area contributed by atoms with E-state index in [1.165, 1.54) is 33.9 Å². The molecule has 12 heteroatoms. The molecule has 0 spiro atoms. The Bertz CT molecular complexity index is 1650. The molecule has 0 N–H and O–H groups in total. The van der Waals surface area contributed by atoms with Gasteiger partial charge in [0.1, 0.15) is 6.61 Å². The van der Waals surface area contributed by atoms with Gasteiger partial charge < -0.3 is 38.1 Å². The number of benzene rings is 2. The van der Waals surface area contributed by atoms with Gasteiger partial charge in [0, 0.05) is 59.1 Å². The molecule has 0 radical (unpaired) electrons. The number of fused-ring (bicyclic) bond motifs is 2. The van der Waals surface area contributed by atoms with Crippen molar-refractivity contribution in [1.29, 1.82) is 0 Å². The first-order chi connectivity index (χ1) is 27.3.